The normalized spacial score (nSPS) is 11.8. The van der Waals surface area contributed by atoms with Crippen LogP contribution in [0.25, 0.3) is 0 Å². The maximum atomic E-state index is 9.65. The first-order valence-corrected chi connectivity index (χ1v) is 5.15. The average molecular weight is 243 g/mol. The van der Waals surface area contributed by atoms with Crippen molar-refractivity contribution in [1.29, 1.82) is 0 Å². The van der Waals surface area contributed by atoms with Crippen molar-refractivity contribution in [3.63, 3.8) is 0 Å². The van der Waals surface area contributed by atoms with E-state index in [0.717, 1.165) is 4.47 Å². The van der Waals surface area contributed by atoms with Gasteiger partial charge >= 0.3 is 0 Å². The largest absolute Gasteiger partial charge is 0.390 e. The number of hydrogen-bond donors (Lipinski definition) is 1. The Kier molecular flexibility index (Phi) is 3.14. The highest BCUT2D eigenvalue weighted by molar-refractivity contribution is 9.10. The Labute approximate surface area is 87.9 Å². The maximum Gasteiger partial charge on any atom is 0.0632 e. The fraction of sp³-hybridized carbons (Fsp3) is 0.455. The molecule has 13 heavy (non-hydrogen) atoms. The summed E-state index contributed by atoms with van der Waals surface area (Å²) in [6, 6.07) is 6.13. The van der Waals surface area contributed by atoms with Crippen LogP contribution in [-0.2, 0) is 6.42 Å². The first kappa shape index (κ1) is 10.7. The van der Waals surface area contributed by atoms with E-state index in [9.17, 15) is 5.11 Å². The van der Waals surface area contributed by atoms with Crippen LogP contribution in [-0.4, -0.2) is 10.7 Å². The second kappa shape index (κ2) is 3.81. The van der Waals surface area contributed by atoms with E-state index in [1.807, 2.05) is 19.9 Å². The van der Waals surface area contributed by atoms with Crippen LogP contribution in [0.15, 0.2) is 22.7 Å². The monoisotopic (exact) mass is 242 g/mol. The lowest BCUT2D eigenvalue weighted by molar-refractivity contribution is 0.0808. The number of benzene rings is 1. The van der Waals surface area contributed by atoms with Crippen LogP contribution in [0.2, 0.25) is 0 Å². The molecule has 0 fully saturated rings. The molecular formula is C11H15BrO. The minimum atomic E-state index is -0.626. The van der Waals surface area contributed by atoms with Crippen molar-refractivity contribution in [3.05, 3.63) is 33.8 Å². The molecule has 0 aromatic heterocycles. The summed E-state index contributed by atoms with van der Waals surface area (Å²) in [5.41, 5.74) is 1.80. The fourth-order valence-corrected chi connectivity index (χ4v) is 1.80. The molecule has 0 saturated carbocycles. The van der Waals surface area contributed by atoms with Gasteiger partial charge in [0, 0.05) is 10.9 Å². The third-order valence-corrected chi connectivity index (χ3v) is 2.42. The Morgan fingerprint density at radius 1 is 1.38 bits per heavy atom. The number of aryl methyl sites for hydroxylation is 1. The molecule has 0 unspecified atom stereocenters. The zero-order valence-corrected chi connectivity index (χ0v) is 9.85. The van der Waals surface area contributed by atoms with E-state index in [1.54, 1.807) is 0 Å². The highest BCUT2D eigenvalue weighted by Gasteiger charge is 2.14. The number of halogens is 1. The molecule has 0 bridgehead atoms. The van der Waals surface area contributed by atoms with Gasteiger partial charge in [0.25, 0.3) is 0 Å². The smallest absolute Gasteiger partial charge is 0.0632 e. The molecular weight excluding hydrogens is 228 g/mol. The van der Waals surface area contributed by atoms with Gasteiger partial charge in [0.1, 0.15) is 0 Å². The van der Waals surface area contributed by atoms with Crippen molar-refractivity contribution in [3.8, 4) is 0 Å². The van der Waals surface area contributed by atoms with Gasteiger partial charge in [-0.05, 0) is 44.0 Å². The van der Waals surface area contributed by atoms with E-state index in [1.165, 1.54) is 11.1 Å². The molecule has 0 heterocycles. The van der Waals surface area contributed by atoms with Gasteiger partial charge in [0.2, 0.25) is 0 Å². The number of hydrogen-bond acceptors (Lipinski definition) is 1. The number of rotatable bonds is 2. The van der Waals surface area contributed by atoms with Gasteiger partial charge in [-0.15, -0.1) is 0 Å². The van der Waals surface area contributed by atoms with Gasteiger partial charge in [0.15, 0.2) is 0 Å². The Balaban J connectivity index is 2.90. The first-order valence-electron chi connectivity index (χ1n) is 4.36. The van der Waals surface area contributed by atoms with Crippen molar-refractivity contribution in [2.24, 2.45) is 0 Å². The summed E-state index contributed by atoms with van der Waals surface area (Å²) in [5, 5.41) is 9.65. The molecule has 0 spiro atoms. The van der Waals surface area contributed by atoms with E-state index < -0.39 is 5.60 Å². The number of aliphatic hydroxyl groups is 1. The Morgan fingerprint density at radius 3 is 2.46 bits per heavy atom. The molecule has 1 aromatic carbocycles. The van der Waals surface area contributed by atoms with Crippen molar-refractivity contribution in [1.82, 2.24) is 0 Å². The summed E-state index contributed by atoms with van der Waals surface area (Å²) in [6.07, 6.45) is 0.701. The van der Waals surface area contributed by atoms with E-state index in [0.29, 0.717) is 6.42 Å². The summed E-state index contributed by atoms with van der Waals surface area (Å²) < 4.78 is 1.09. The van der Waals surface area contributed by atoms with Crippen molar-refractivity contribution < 1.29 is 5.11 Å². The van der Waals surface area contributed by atoms with Gasteiger partial charge in [-0.25, -0.2) is 0 Å². The topological polar surface area (TPSA) is 20.2 Å². The van der Waals surface area contributed by atoms with Gasteiger partial charge in [-0.3, -0.25) is 0 Å². The lowest BCUT2D eigenvalue weighted by Crippen LogP contribution is -2.22. The van der Waals surface area contributed by atoms with Gasteiger partial charge in [0.05, 0.1) is 5.60 Å². The van der Waals surface area contributed by atoms with Gasteiger partial charge in [-0.1, -0.05) is 22.0 Å². The molecule has 0 saturated heterocycles. The van der Waals surface area contributed by atoms with E-state index in [2.05, 4.69) is 35.0 Å². The van der Waals surface area contributed by atoms with E-state index in [4.69, 9.17) is 0 Å². The van der Waals surface area contributed by atoms with E-state index in [-0.39, 0.29) is 0 Å². The van der Waals surface area contributed by atoms with Crippen LogP contribution >= 0.6 is 15.9 Å². The zero-order valence-electron chi connectivity index (χ0n) is 8.26. The summed E-state index contributed by atoms with van der Waals surface area (Å²) in [7, 11) is 0. The van der Waals surface area contributed by atoms with Gasteiger partial charge < -0.3 is 5.11 Å². The summed E-state index contributed by atoms with van der Waals surface area (Å²) in [5.74, 6) is 0. The summed E-state index contributed by atoms with van der Waals surface area (Å²) >= 11 is 3.41. The Hall–Kier alpha value is -0.340. The highest BCUT2D eigenvalue weighted by Crippen LogP contribution is 2.19. The predicted molar refractivity (Wildman–Crippen MR) is 58.9 cm³/mol. The van der Waals surface area contributed by atoms with Crippen LogP contribution < -0.4 is 0 Å². The standard InChI is InChI=1S/C11H15BrO/c1-8-6-10(12)5-4-9(8)7-11(2,3)13/h4-6,13H,7H2,1-3H3. The fourth-order valence-electron chi connectivity index (χ4n) is 1.32. The summed E-state index contributed by atoms with van der Waals surface area (Å²) in [4.78, 5) is 0. The SMILES string of the molecule is Cc1cc(Br)ccc1CC(C)(C)O. The molecule has 0 aliphatic rings. The molecule has 0 amide bonds. The lowest BCUT2D eigenvalue weighted by atomic mass is 9.96. The molecule has 0 atom stereocenters. The molecule has 2 heteroatoms. The third kappa shape index (κ3) is 3.49. The second-order valence-corrected chi connectivity index (χ2v) is 4.98. The van der Waals surface area contributed by atoms with Crippen LogP contribution in [0, 0.1) is 6.92 Å². The highest BCUT2D eigenvalue weighted by atomic mass is 79.9. The van der Waals surface area contributed by atoms with Crippen LogP contribution in [0.4, 0.5) is 0 Å². The van der Waals surface area contributed by atoms with Crippen molar-refractivity contribution in [2.75, 3.05) is 0 Å². The molecule has 0 radical (unpaired) electrons. The van der Waals surface area contributed by atoms with E-state index >= 15 is 0 Å². The Bertz CT molecular complexity index is 299. The molecule has 0 aliphatic carbocycles. The molecule has 0 aliphatic heterocycles. The molecule has 1 N–H and O–H groups in total. The first-order chi connectivity index (χ1) is 5.88. The quantitative estimate of drug-likeness (QED) is 0.846. The maximum absolute atomic E-state index is 9.65. The van der Waals surface area contributed by atoms with Crippen LogP contribution in [0.1, 0.15) is 25.0 Å². The molecule has 72 valence electrons. The van der Waals surface area contributed by atoms with Crippen LogP contribution in [0.5, 0.6) is 0 Å². The molecule has 1 nitrogen and oxygen atoms in total. The lowest BCUT2D eigenvalue weighted by Gasteiger charge is -2.18. The van der Waals surface area contributed by atoms with Crippen molar-refractivity contribution in [2.45, 2.75) is 32.8 Å². The van der Waals surface area contributed by atoms with Crippen LogP contribution in [0.3, 0.4) is 0 Å². The third-order valence-electron chi connectivity index (χ3n) is 1.93. The minimum Gasteiger partial charge on any atom is -0.390 e. The molecule has 1 rings (SSSR count). The zero-order chi connectivity index (χ0) is 10.1. The van der Waals surface area contributed by atoms with Crippen molar-refractivity contribution >= 4 is 15.9 Å². The Morgan fingerprint density at radius 2 is 2.00 bits per heavy atom. The second-order valence-electron chi connectivity index (χ2n) is 4.06. The molecule has 1 aromatic rings. The summed E-state index contributed by atoms with van der Waals surface area (Å²) in [6.45, 7) is 5.72. The van der Waals surface area contributed by atoms with Gasteiger partial charge in [-0.2, -0.15) is 0 Å². The predicted octanol–water partition coefficient (Wildman–Crippen LogP) is 3.07. The minimum absolute atomic E-state index is 0.626. The average Bonchev–Trinajstić information content (AvgIpc) is 1.93.